The summed E-state index contributed by atoms with van der Waals surface area (Å²) in [5.74, 6) is -0.0862. The molecule has 2 N–H and O–H groups in total. The summed E-state index contributed by atoms with van der Waals surface area (Å²) in [6, 6.07) is 9.91. The number of benzene rings is 1. The van der Waals surface area contributed by atoms with Gasteiger partial charge in [0, 0.05) is 20.1 Å². The molecule has 1 aromatic heterocycles. The van der Waals surface area contributed by atoms with Crippen molar-refractivity contribution in [1.29, 1.82) is 0 Å². The highest BCUT2D eigenvalue weighted by Crippen LogP contribution is 2.18. The zero-order valence-corrected chi connectivity index (χ0v) is 12.1. The first-order valence-corrected chi connectivity index (χ1v) is 6.66. The third-order valence-corrected chi connectivity index (χ3v) is 3.36. The molecule has 0 saturated carbocycles. The number of amides is 1. The van der Waals surface area contributed by atoms with Crippen molar-refractivity contribution in [2.24, 2.45) is 7.05 Å². The first-order valence-electron chi connectivity index (χ1n) is 6.66. The van der Waals surface area contributed by atoms with Crippen LogP contribution in [-0.2, 0) is 13.6 Å². The Bertz CT molecular complexity index is 604. The minimum absolute atomic E-state index is 0.0862. The van der Waals surface area contributed by atoms with Gasteiger partial charge in [0.2, 0.25) is 0 Å². The van der Waals surface area contributed by atoms with E-state index in [0.717, 1.165) is 5.56 Å². The lowest BCUT2D eigenvalue weighted by molar-refractivity contribution is 0.0742. The van der Waals surface area contributed by atoms with Gasteiger partial charge in [0.25, 0.3) is 5.91 Å². The average molecular weight is 272 g/mol. The van der Waals surface area contributed by atoms with Crippen LogP contribution in [0, 0.1) is 6.92 Å². The molecule has 0 radical (unpaired) electrons. The highest BCUT2D eigenvalue weighted by Gasteiger charge is 2.22. The van der Waals surface area contributed by atoms with E-state index >= 15 is 0 Å². The average Bonchev–Trinajstić information content (AvgIpc) is 2.70. The van der Waals surface area contributed by atoms with E-state index in [0.29, 0.717) is 30.2 Å². The predicted octanol–water partition coefficient (Wildman–Crippen LogP) is 1.97. The molecular weight excluding hydrogens is 252 g/mol. The summed E-state index contributed by atoms with van der Waals surface area (Å²) in [5, 5.41) is 4.20. The molecule has 2 aromatic rings. The fourth-order valence-electron chi connectivity index (χ4n) is 2.21. The molecule has 0 unspecified atom stereocenters. The van der Waals surface area contributed by atoms with Gasteiger partial charge >= 0.3 is 0 Å². The van der Waals surface area contributed by atoms with Crippen LogP contribution in [0.25, 0.3) is 0 Å². The van der Waals surface area contributed by atoms with Crippen LogP contribution < -0.4 is 5.73 Å². The number of hydrogen-bond acceptors (Lipinski definition) is 3. The number of nitrogen functional groups attached to an aromatic ring is 1. The van der Waals surface area contributed by atoms with E-state index in [2.05, 4.69) is 5.10 Å². The Morgan fingerprint density at radius 1 is 1.35 bits per heavy atom. The molecule has 0 spiro atoms. The number of aromatic nitrogens is 2. The molecule has 1 aromatic carbocycles. The molecule has 0 fully saturated rings. The molecule has 2 rings (SSSR count). The summed E-state index contributed by atoms with van der Waals surface area (Å²) in [6.07, 6.45) is 0. The Morgan fingerprint density at radius 3 is 2.50 bits per heavy atom. The number of carbonyl (C=O) groups is 1. The van der Waals surface area contributed by atoms with Gasteiger partial charge in [-0.15, -0.1) is 0 Å². The fraction of sp³-hybridized carbons (Fsp3) is 0.333. The molecule has 0 bridgehead atoms. The number of anilines is 1. The molecule has 106 valence electrons. The lowest BCUT2D eigenvalue weighted by Crippen LogP contribution is -2.32. The molecule has 1 heterocycles. The Balaban J connectivity index is 2.25. The van der Waals surface area contributed by atoms with Crippen molar-refractivity contribution in [2.75, 3.05) is 12.3 Å². The highest BCUT2D eigenvalue weighted by atomic mass is 16.2. The van der Waals surface area contributed by atoms with Crippen LogP contribution in [-0.4, -0.2) is 27.1 Å². The van der Waals surface area contributed by atoms with Crippen LogP contribution >= 0.6 is 0 Å². The van der Waals surface area contributed by atoms with Crippen molar-refractivity contribution in [2.45, 2.75) is 20.4 Å². The molecule has 0 aliphatic carbocycles. The van der Waals surface area contributed by atoms with E-state index in [4.69, 9.17) is 5.73 Å². The first-order chi connectivity index (χ1) is 9.54. The molecule has 1 amide bonds. The lowest BCUT2D eigenvalue weighted by atomic mass is 10.2. The summed E-state index contributed by atoms with van der Waals surface area (Å²) in [5.41, 5.74) is 8.66. The maximum atomic E-state index is 12.6. The SMILES string of the molecule is CCN(Cc1ccccc1)C(=O)c1c(N)c(C)nn1C. The van der Waals surface area contributed by atoms with Crippen molar-refractivity contribution < 1.29 is 4.79 Å². The monoisotopic (exact) mass is 272 g/mol. The minimum Gasteiger partial charge on any atom is -0.395 e. The van der Waals surface area contributed by atoms with Crippen molar-refractivity contribution >= 4 is 11.6 Å². The molecule has 0 aliphatic heterocycles. The molecular formula is C15H20N4O. The summed E-state index contributed by atoms with van der Waals surface area (Å²) in [4.78, 5) is 14.4. The summed E-state index contributed by atoms with van der Waals surface area (Å²) >= 11 is 0. The van der Waals surface area contributed by atoms with E-state index in [1.165, 1.54) is 0 Å². The van der Waals surface area contributed by atoms with Gasteiger partial charge < -0.3 is 10.6 Å². The van der Waals surface area contributed by atoms with Crippen LogP contribution in [0.1, 0.15) is 28.7 Å². The van der Waals surface area contributed by atoms with Crippen LogP contribution in [0.3, 0.4) is 0 Å². The van der Waals surface area contributed by atoms with Crippen molar-refractivity contribution in [3.05, 3.63) is 47.3 Å². The first kappa shape index (κ1) is 14.1. The number of nitrogens with zero attached hydrogens (tertiary/aromatic N) is 3. The zero-order valence-electron chi connectivity index (χ0n) is 12.1. The van der Waals surface area contributed by atoms with Crippen molar-refractivity contribution in [1.82, 2.24) is 14.7 Å². The molecule has 0 atom stereocenters. The van der Waals surface area contributed by atoms with E-state index in [9.17, 15) is 4.79 Å². The third kappa shape index (κ3) is 2.66. The number of carbonyl (C=O) groups excluding carboxylic acids is 1. The molecule has 20 heavy (non-hydrogen) atoms. The van der Waals surface area contributed by atoms with E-state index in [1.807, 2.05) is 37.3 Å². The van der Waals surface area contributed by atoms with Gasteiger partial charge in [-0.25, -0.2) is 0 Å². The van der Waals surface area contributed by atoms with Crippen LogP contribution in [0.4, 0.5) is 5.69 Å². The second-order valence-electron chi connectivity index (χ2n) is 4.78. The standard InChI is InChI=1S/C15H20N4O/c1-4-19(10-12-8-6-5-7-9-12)15(20)14-13(16)11(2)17-18(14)3/h5-9H,4,10,16H2,1-3H3. The number of aryl methyl sites for hydroxylation is 2. The summed E-state index contributed by atoms with van der Waals surface area (Å²) in [7, 11) is 1.74. The molecule has 5 nitrogen and oxygen atoms in total. The van der Waals surface area contributed by atoms with Gasteiger partial charge in [0.15, 0.2) is 0 Å². The van der Waals surface area contributed by atoms with Gasteiger partial charge in [0.05, 0.1) is 11.4 Å². The van der Waals surface area contributed by atoms with Crippen molar-refractivity contribution in [3.8, 4) is 0 Å². The predicted molar refractivity (Wildman–Crippen MR) is 79.2 cm³/mol. The maximum Gasteiger partial charge on any atom is 0.274 e. The topological polar surface area (TPSA) is 64.2 Å². The molecule has 0 saturated heterocycles. The van der Waals surface area contributed by atoms with Gasteiger partial charge in [-0.2, -0.15) is 5.10 Å². The number of hydrogen-bond donors (Lipinski definition) is 1. The van der Waals surface area contributed by atoms with E-state index < -0.39 is 0 Å². The van der Waals surface area contributed by atoms with Crippen LogP contribution in [0.5, 0.6) is 0 Å². The molecule has 5 heteroatoms. The Kier molecular flexibility index (Phi) is 4.08. The Hall–Kier alpha value is -2.30. The van der Waals surface area contributed by atoms with Gasteiger partial charge in [-0.3, -0.25) is 9.48 Å². The highest BCUT2D eigenvalue weighted by molar-refractivity contribution is 5.97. The van der Waals surface area contributed by atoms with E-state index in [-0.39, 0.29) is 5.91 Å². The quantitative estimate of drug-likeness (QED) is 0.925. The second kappa shape index (κ2) is 5.77. The summed E-state index contributed by atoms with van der Waals surface area (Å²) in [6.45, 7) is 4.96. The second-order valence-corrected chi connectivity index (χ2v) is 4.78. The number of nitrogens with two attached hydrogens (primary N) is 1. The minimum atomic E-state index is -0.0862. The Labute approximate surface area is 119 Å². The third-order valence-electron chi connectivity index (χ3n) is 3.36. The normalized spacial score (nSPS) is 10.6. The maximum absolute atomic E-state index is 12.6. The van der Waals surface area contributed by atoms with Crippen LogP contribution in [0.2, 0.25) is 0 Å². The van der Waals surface area contributed by atoms with Crippen LogP contribution in [0.15, 0.2) is 30.3 Å². The zero-order chi connectivity index (χ0) is 14.7. The summed E-state index contributed by atoms with van der Waals surface area (Å²) < 4.78 is 1.56. The Morgan fingerprint density at radius 2 is 2.00 bits per heavy atom. The van der Waals surface area contributed by atoms with Gasteiger partial charge in [0.1, 0.15) is 5.69 Å². The van der Waals surface area contributed by atoms with Crippen molar-refractivity contribution in [3.63, 3.8) is 0 Å². The lowest BCUT2D eigenvalue weighted by Gasteiger charge is -2.21. The van der Waals surface area contributed by atoms with Gasteiger partial charge in [-0.05, 0) is 19.4 Å². The molecule has 0 aliphatic rings. The smallest absolute Gasteiger partial charge is 0.274 e. The largest absolute Gasteiger partial charge is 0.395 e. The fourth-order valence-corrected chi connectivity index (χ4v) is 2.21. The number of rotatable bonds is 4. The van der Waals surface area contributed by atoms with Gasteiger partial charge in [-0.1, -0.05) is 30.3 Å². The van der Waals surface area contributed by atoms with E-state index in [1.54, 1.807) is 23.6 Å².